The molecule has 0 bridgehead atoms. The molecule has 2 aliphatic rings. The van der Waals surface area contributed by atoms with Gasteiger partial charge in [-0.3, -0.25) is 19.3 Å². The molecule has 6 heteroatoms. The predicted octanol–water partition coefficient (Wildman–Crippen LogP) is 3.16. The SMILES string of the molecule is O=C(CN1C(=O)C2CC=CCC2C1=O)Nc1ccc(OCc2ccccc2)cc1. The fourth-order valence-corrected chi connectivity index (χ4v) is 3.74. The van der Waals surface area contributed by atoms with Gasteiger partial charge in [0, 0.05) is 5.69 Å². The number of rotatable bonds is 6. The number of likely N-dealkylation sites (tertiary alicyclic amines) is 1. The van der Waals surface area contributed by atoms with Crippen molar-refractivity contribution in [3.63, 3.8) is 0 Å². The van der Waals surface area contributed by atoms with Crippen molar-refractivity contribution in [1.29, 1.82) is 0 Å². The summed E-state index contributed by atoms with van der Waals surface area (Å²) in [6.45, 7) is 0.208. The molecule has 1 aliphatic carbocycles. The molecule has 2 atom stereocenters. The highest BCUT2D eigenvalue weighted by Crippen LogP contribution is 2.34. The number of hydrogen-bond acceptors (Lipinski definition) is 4. The van der Waals surface area contributed by atoms with Gasteiger partial charge >= 0.3 is 0 Å². The molecule has 2 unspecified atom stereocenters. The molecule has 148 valence electrons. The third kappa shape index (κ3) is 4.21. The Morgan fingerprint density at radius 3 is 2.17 bits per heavy atom. The average molecular weight is 390 g/mol. The Labute approximate surface area is 169 Å². The number of benzene rings is 2. The molecule has 1 N–H and O–H groups in total. The second-order valence-electron chi connectivity index (χ2n) is 7.27. The molecule has 1 heterocycles. The third-order valence-electron chi connectivity index (χ3n) is 5.29. The molecule has 2 aromatic carbocycles. The van der Waals surface area contributed by atoms with E-state index < -0.39 is 5.91 Å². The minimum absolute atomic E-state index is 0.246. The maximum atomic E-state index is 12.4. The van der Waals surface area contributed by atoms with Crippen LogP contribution in [0.5, 0.6) is 5.75 Å². The highest BCUT2D eigenvalue weighted by atomic mass is 16.5. The van der Waals surface area contributed by atoms with Gasteiger partial charge in [-0.15, -0.1) is 0 Å². The number of fused-ring (bicyclic) bond motifs is 1. The van der Waals surface area contributed by atoms with Crippen LogP contribution in [0.2, 0.25) is 0 Å². The minimum atomic E-state index is -0.392. The van der Waals surface area contributed by atoms with Gasteiger partial charge < -0.3 is 10.1 Å². The van der Waals surface area contributed by atoms with E-state index in [2.05, 4.69) is 5.32 Å². The topological polar surface area (TPSA) is 75.7 Å². The smallest absolute Gasteiger partial charge is 0.244 e. The molecule has 4 rings (SSSR count). The van der Waals surface area contributed by atoms with Crippen molar-refractivity contribution < 1.29 is 19.1 Å². The van der Waals surface area contributed by atoms with Gasteiger partial charge in [0.1, 0.15) is 18.9 Å². The normalized spacial score (nSPS) is 20.5. The summed E-state index contributed by atoms with van der Waals surface area (Å²) in [7, 11) is 0. The predicted molar refractivity (Wildman–Crippen MR) is 108 cm³/mol. The van der Waals surface area contributed by atoms with E-state index in [1.807, 2.05) is 42.5 Å². The second kappa shape index (κ2) is 8.31. The number of imide groups is 1. The monoisotopic (exact) mass is 390 g/mol. The fraction of sp³-hybridized carbons (Fsp3) is 0.261. The van der Waals surface area contributed by atoms with Gasteiger partial charge in [0.05, 0.1) is 11.8 Å². The minimum Gasteiger partial charge on any atom is -0.489 e. The number of nitrogens with one attached hydrogen (secondary N) is 1. The van der Waals surface area contributed by atoms with Crippen LogP contribution in [0.15, 0.2) is 66.7 Å². The molecule has 6 nitrogen and oxygen atoms in total. The summed E-state index contributed by atoms with van der Waals surface area (Å²) in [5.41, 5.74) is 1.65. The van der Waals surface area contributed by atoms with E-state index in [0.29, 0.717) is 30.9 Å². The highest BCUT2D eigenvalue weighted by molar-refractivity contribution is 6.08. The first-order valence-electron chi connectivity index (χ1n) is 9.68. The number of hydrogen-bond donors (Lipinski definition) is 1. The summed E-state index contributed by atoms with van der Waals surface area (Å²) in [5.74, 6) is -0.833. The van der Waals surface area contributed by atoms with Crippen LogP contribution in [-0.2, 0) is 21.0 Å². The number of carbonyl (C=O) groups excluding carboxylic acids is 3. The number of amides is 3. The molecule has 1 aliphatic heterocycles. The molecular weight excluding hydrogens is 368 g/mol. The van der Waals surface area contributed by atoms with Gasteiger partial charge in [0.15, 0.2) is 0 Å². The Morgan fingerprint density at radius 2 is 1.55 bits per heavy atom. The summed E-state index contributed by atoms with van der Waals surface area (Å²) in [4.78, 5) is 38.3. The van der Waals surface area contributed by atoms with Crippen molar-refractivity contribution in [3.8, 4) is 5.75 Å². The van der Waals surface area contributed by atoms with E-state index in [4.69, 9.17) is 4.74 Å². The summed E-state index contributed by atoms with van der Waals surface area (Å²) in [6.07, 6.45) is 4.99. The second-order valence-corrected chi connectivity index (χ2v) is 7.27. The molecule has 2 aromatic rings. The van der Waals surface area contributed by atoms with E-state index in [0.717, 1.165) is 10.5 Å². The van der Waals surface area contributed by atoms with Gasteiger partial charge in [-0.1, -0.05) is 42.5 Å². The first kappa shape index (κ1) is 18.9. The van der Waals surface area contributed by atoms with Crippen LogP contribution in [-0.4, -0.2) is 29.2 Å². The molecule has 3 amide bonds. The molecule has 1 fully saturated rings. The first-order valence-corrected chi connectivity index (χ1v) is 9.68. The van der Waals surface area contributed by atoms with E-state index in [9.17, 15) is 14.4 Å². The Balaban J connectivity index is 1.31. The molecule has 0 radical (unpaired) electrons. The lowest BCUT2D eigenvalue weighted by Crippen LogP contribution is -2.38. The van der Waals surface area contributed by atoms with E-state index in [1.165, 1.54) is 0 Å². The van der Waals surface area contributed by atoms with Crippen LogP contribution in [0, 0.1) is 11.8 Å². The molecule has 1 saturated heterocycles. The third-order valence-corrected chi connectivity index (χ3v) is 5.29. The Morgan fingerprint density at radius 1 is 0.931 bits per heavy atom. The quantitative estimate of drug-likeness (QED) is 0.607. The van der Waals surface area contributed by atoms with Gasteiger partial charge in [0.2, 0.25) is 17.7 Å². The molecule has 0 aromatic heterocycles. The lowest BCUT2D eigenvalue weighted by molar-refractivity contribution is -0.142. The average Bonchev–Trinajstić information content (AvgIpc) is 2.99. The largest absolute Gasteiger partial charge is 0.489 e. The van der Waals surface area contributed by atoms with Crippen LogP contribution in [0.4, 0.5) is 5.69 Å². The Bertz CT molecular complexity index is 911. The van der Waals surface area contributed by atoms with Crippen molar-refractivity contribution in [2.45, 2.75) is 19.4 Å². The van der Waals surface area contributed by atoms with Crippen LogP contribution < -0.4 is 10.1 Å². The number of allylic oxidation sites excluding steroid dienone is 2. The van der Waals surface area contributed by atoms with Crippen molar-refractivity contribution in [2.75, 3.05) is 11.9 Å². The Hall–Kier alpha value is -3.41. The van der Waals surface area contributed by atoms with Crippen LogP contribution >= 0.6 is 0 Å². The lowest BCUT2D eigenvalue weighted by atomic mass is 9.85. The van der Waals surface area contributed by atoms with Gasteiger partial charge in [-0.05, 0) is 42.7 Å². The summed E-state index contributed by atoms with van der Waals surface area (Å²) in [5, 5.41) is 2.74. The maximum Gasteiger partial charge on any atom is 0.244 e. The number of carbonyl (C=O) groups is 3. The van der Waals surface area contributed by atoms with Crippen molar-refractivity contribution in [3.05, 3.63) is 72.3 Å². The van der Waals surface area contributed by atoms with Crippen molar-refractivity contribution >= 4 is 23.4 Å². The van der Waals surface area contributed by atoms with Crippen LogP contribution in [0.3, 0.4) is 0 Å². The summed E-state index contributed by atoms with van der Waals surface area (Å²) < 4.78 is 5.73. The summed E-state index contributed by atoms with van der Waals surface area (Å²) >= 11 is 0. The van der Waals surface area contributed by atoms with Crippen molar-refractivity contribution in [2.24, 2.45) is 11.8 Å². The van der Waals surface area contributed by atoms with Gasteiger partial charge in [-0.25, -0.2) is 0 Å². The van der Waals surface area contributed by atoms with E-state index in [1.54, 1.807) is 24.3 Å². The number of nitrogens with zero attached hydrogens (tertiary/aromatic N) is 1. The zero-order chi connectivity index (χ0) is 20.2. The van der Waals surface area contributed by atoms with E-state index in [-0.39, 0.29) is 30.2 Å². The molecule has 0 spiro atoms. The molecule has 0 saturated carbocycles. The zero-order valence-electron chi connectivity index (χ0n) is 15.9. The molecule has 29 heavy (non-hydrogen) atoms. The standard InChI is InChI=1S/C23H22N2O4/c26-21(14-25-22(27)19-8-4-5-9-20(19)23(25)28)24-17-10-12-18(13-11-17)29-15-16-6-2-1-3-7-16/h1-7,10-13,19-20H,8-9,14-15H2,(H,24,26). The van der Waals surface area contributed by atoms with E-state index >= 15 is 0 Å². The molecular formula is C23H22N2O4. The lowest BCUT2D eigenvalue weighted by Gasteiger charge is -2.14. The first-order chi connectivity index (χ1) is 14.1. The highest BCUT2D eigenvalue weighted by Gasteiger charge is 2.47. The maximum absolute atomic E-state index is 12.4. The number of ether oxygens (including phenoxy) is 1. The van der Waals surface area contributed by atoms with Gasteiger partial charge in [-0.2, -0.15) is 0 Å². The Kier molecular flexibility index (Phi) is 5.42. The van der Waals surface area contributed by atoms with Gasteiger partial charge in [0.25, 0.3) is 0 Å². The van der Waals surface area contributed by atoms with Crippen LogP contribution in [0.1, 0.15) is 18.4 Å². The summed E-state index contributed by atoms with van der Waals surface area (Å²) in [6, 6.07) is 16.8. The number of anilines is 1. The van der Waals surface area contributed by atoms with Crippen LogP contribution in [0.25, 0.3) is 0 Å². The zero-order valence-corrected chi connectivity index (χ0v) is 15.9. The van der Waals surface area contributed by atoms with Crippen molar-refractivity contribution in [1.82, 2.24) is 4.90 Å². The fourth-order valence-electron chi connectivity index (χ4n) is 3.74.